The molecule has 0 aliphatic rings. The van der Waals surface area contributed by atoms with Crippen molar-refractivity contribution < 1.29 is 27.5 Å². The number of pyridine rings is 2. The highest BCUT2D eigenvalue weighted by atomic mass is 19.4. The lowest BCUT2D eigenvalue weighted by atomic mass is 9.95. The summed E-state index contributed by atoms with van der Waals surface area (Å²) in [5.74, 6) is -0.381. The summed E-state index contributed by atoms with van der Waals surface area (Å²) in [5.41, 5.74) is 1.83. The summed E-state index contributed by atoms with van der Waals surface area (Å²) in [5, 5.41) is 5.51. The molecule has 4 rings (SSSR count). The van der Waals surface area contributed by atoms with Gasteiger partial charge in [0.15, 0.2) is 0 Å². The first-order valence-corrected chi connectivity index (χ1v) is 13.8. The van der Waals surface area contributed by atoms with Gasteiger partial charge in [-0.15, -0.1) is 0 Å². The zero-order valence-corrected chi connectivity index (χ0v) is 25.0. The highest BCUT2D eigenvalue weighted by Crippen LogP contribution is 2.34. The van der Waals surface area contributed by atoms with Gasteiger partial charge in [0.05, 0.1) is 17.2 Å². The highest BCUT2D eigenvalue weighted by molar-refractivity contribution is 5.95. The van der Waals surface area contributed by atoms with E-state index in [-0.39, 0.29) is 18.0 Å². The predicted molar refractivity (Wildman–Crippen MR) is 161 cm³/mol. The number of benzene rings is 2. The number of carbonyl (C=O) groups excluding carboxylic acids is 2. The number of alkyl halides is 3. The largest absolute Gasteiger partial charge is 0.444 e. The van der Waals surface area contributed by atoms with Crippen molar-refractivity contribution in [1.82, 2.24) is 20.2 Å². The van der Waals surface area contributed by atoms with E-state index in [2.05, 4.69) is 15.6 Å². The van der Waals surface area contributed by atoms with Crippen LogP contribution < -0.4 is 16.2 Å². The van der Waals surface area contributed by atoms with Gasteiger partial charge < -0.3 is 19.9 Å². The van der Waals surface area contributed by atoms with Crippen LogP contribution in [0.4, 0.5) is 18.0 Å². The standard InChI is InChI=1S/C33H33F3N4O4/c1-20(39-30(42)26-14-25(17-37-18-26)23-12-13-40(5)29(41)15-23)21-6-8-22(9-7-21)28-16-27(33(34,35)36)11-10-24(28)19-38-31(43)44-32(2,3)4/h6-18,20H,19H2,1-5H3,(H,38,43)(H,39,42)/t20-/m1/s1. The molecule has 0 radical (unpaired) electrons. The Morgan fingerprint density at radius 3 is 2.27 bits per heavy atom. The van der Waals surface area contributed by atoms with E-state index in [1.807, 2.05) is 0 Å². The Labute approximate surface area is 252 Å². The number of ether oxygens (including phenoxy) is 1. The first kappa shape index (κ1) is 32.0. The summed E-state index contributed by atoms with van der Waals surface area (Å²) in [6.07, 6.45) is -0.603. The van der Waals surface area contributed by atoms with Gasteiger partial charge in [0.2, 0.25) is 0 Å². The topological polar surface area (TPSA) is 102 Å². The molecule has 0 unspecified atom stereocenters. The molecule has 0 bridgehead atoms. The molecule has 0 saturated carbocycles. The van der Waals surface area contributed by atoms with Crippen LogP contribution in [0.5, 0.6) is 0 Å². The van der Waals surface area contributed by atoms with Crippen molar-refractivity contribution >= 4 is 12.0 Å². The van der Waals surface area contributed by atoms with E-state index in [4.69, 9.17) is 4.74 Å². The number of nitrogens with one attached hydrogen (secondary N) is 2. The summed E-state index contributed by atoms with van der Waals surface area (Å²) in [4.78, 5) is 41.4. The van der Waals surface area contributed by atoms with Gasteiger partial charge in [-0.2, -0.15) is 13.2 Å². The van der Waals surface area contributed by atoms with E-state index < -0.39 is 29.5 Å². The fourth-order valence-corrected chi connectivity index (χ4v) is 4.42. The molecule has 44 heavy (non-hydrogen) atoms. The number of rotatable bonds is 7. The first-order chi connectivity index (χ1) is 20.6. The fourth-order valence-electron chi connectivity index (χ4n) is 4.42. The maximum atomic E-state index is 13.6. The molecule has 0 aliphatic heterocycles. The van der Waals surface area contributed by atoms with Crippen LogP contribution in [-0.2, 0) is 24.5 Å². The van der Waals surface area contributed by atoms with E-state index in [1.54, 1.807) is 83.5 Å². The quantitative estimate of drug-likeness (QED) is 0.245. The Bertz CT molecular complexity index is 1720. The van der Waals surface area contributed by atoms with Crippen LogP contribution >= 0.6 is 0 Å². The first-order valence-electron chi connectivity index (χ1n) is 13.8. The predicted octanol–water partition coefficient (Wildman–Crippen LogP) is 6.65. The molecule has 2 amide bonds. The number of carbonyl (C=O) groups is 2. The van der Waals surface area contributed by atoms with Crippen LogP contribution in [0.15, 0.2) is 84.0 Å². The van der Waals surface area contributed by atoms with Crippen LogP contribution in [-0.4, -0.2) is 27.2 Å². The Morgan fingerprint density at radius 1 is 0.932 bits per heavy atom. The van der Waals surface area contributed by atoms with Gasteiger partial charge in [-0.25, -0.2) is 4.79 Å². The third kappa shape index (κ3) is 8.12. The van der Waals surface area contributed by atoms with E-state index in [0.717, 1.165) is 17.7 Å². The second-order valence-electron chi connectivity index (χ2n) is 11.4. The summed E-state index contributed by atoms with van der Waals surface area (Å²) in [6.45, 7) is 6.88. The maximum Gasteiger partial charge on any atom is 0.416 e. The van der Waals surface area contributed by atoms with E-state index >= 15 is 0 Å². The monoisotopic (exact) mass is 606 g/mol. The van der Waals surface area contributed by atoms with Crippen molar-refractivity contribution in [3.05, 3.63) is 112 Å². The molecular formula is C33H33F3N4O4. The number of amides is 2. The zero-order chi connectivity index (χ0) is 32.2. The molecule has 2 aromatic heterocycles. The molecule has 230 valence electrons. The van der Waals surface area contributed by atoms with Crippen LogP contribution in [0.3, 0.4) is 0 Å². The second kappa shape index (κ2) is 12.7. The number of aryl methyl sites for hydroxylation is 1. The zero-order valence-electron chi connectivity index (χ0n) is 25.0. The van der Waals surface area contributed by atoms with Crippen molar-refractivity contribution in [1.29, 1.82) is 0 Å². The van der Waals surface area contributed by atoms with Gasteiger partial charge in [-0.3, -0.25) is 14.6 Å². The van der Waals surface area contributed by atoms with E-state index in [1.165, 1.54) is 22.9 Å². The third-order valence-electron chi connectivity index (χ3n) is 6.77. The van der Waals surface area contributed by atoms with Gasteiger partial charge in [0, 0.05) is 43.8 Å². The minimum atomic E-state index is -4.55. The van der Waals surface area contributed by atoms with Gasteiger partial charge in [0.25, 0.3) is 11.5 Å². The lowest BCUT2D eigenvalue weighted by Crippen LogP contribution is -2.32. The highest BCUT2D eigenvalue weighted by Gasteiger charge is 2.31. The SMILES string of the molecule is C[C@@H](NC(=O)c1cncc(-c2ccn(C)c(=O)c2)c1)c1ccc(-c2cc(C(F)(F)F)ccc2CNC(=O)OC(C)(C)C)cc1. The number of aromatic nitrogens is 2. The Morgan fingerprint density at radius 2 is 1.64 bits per heavy atom. The normalized spacial score (nSPS) is 12.4. The summed E-state index contributed by atoms with van der Waals surface area (Å²) in [6, 6.07) is 14.6. The number of halogens is 3. The second-order valence-corrected chi connectivity index (χ2v) is 11.4. The molecule has 0 fully saturated rings. The number of hydrogen-bond donors (Lipinski definition) is 2. The number of nitrogens with zero attached hydrogens (tertiary/aromatic N) is 2. The number of hydrogen-bond acceptors (Lipinski definition) is 5. The Hall–Kier alpha value is -4.93. The summed E-state index contributed by atoms with van der Waals surface area (Å²) >= 11 is 0. The smallest absolute Gasteiger partial charge is 0.416 e. The fraction of sp³-hybridized carbons (Fsp3) is 0.273. The molecule has 2 heterocycles. The van der Waals surface area contributed by atoms with Gasteiger partial charge in [-0.1, -0.05) is 30.3 Å². The van der Waals surface area contributed by atoms with Crippen LogP contribution in [0, 0.1) is 0 Å². The maximum absolute atomic E-state index is 13.6. The van der Waals surface area contributed by atoms with E-state index in [0.29, 0.717) is 33.4 Å². The third-order valence-corrected chi connectivity index (χ3v) is 6.77. The number of alkyl carbamates (subject to hydrolysis) is 1. The van der Waals surface area contributed by atoms with Crippen molar-refractivity contribution in [2.45, 2.75) is 52.1 Å². The molecule has 2 N–H and O–H groups in total. The molecule has 0 spiro atoms. The van der Waals surface area contributed by atoms with Crippen LogP contribution in [0.1, 0.15) is 60.8 Å². The molecule has 0 aliphatic carbocycles. The molecule has 4 aromatic rings. The van der Waals surface area contributed by atoms with Crippen LogP contribution in [0.25, 0.3) is 22.3 Å². The lowest BCUT2D eigenvalue weighted by Gasteiger charge is -2.20. The molecule has 2 aromatic carbocycles. The average Bonchev–Trinajstić information content (AvgIpc) is 2.96. The summed E-state index contributed by atoms with van der Waals surface area (Å²) in [7, 11) is 1.64. The van der Waals surface area contributed by atoms with Crippen molar-refractivity contribution in [3.63, 3.8) is 0 Å². The van der Waals surface area contributed by atoms with Crippen molar-refractivity contribution in [2.75, 3.05) is 0 Å². The Balaban J connectivity index is 1.52. The minimum absolute atomic E-state index is 0.0404. The van der Waals surface area contributed by atoms with Gasteiger partial charge >= 0.3 is 12.3 Å². The van der Waals surface area contributed by atoms with E-state index in [9.17, 15) is 27.6 Å². The molecule has 1 atom stereocenters. The van der Waals surface area contributed by atoms with Crippen molar-refractivity contribution in [2.24, 2.45) is 7.05 Å². The van der Waals surface area contributed by atoms with Crippen molar-refractivity contribution in [3.8, 4) is 22.3 Å². The average molecular weight is 607 g/mol. The molecular weight excluding hydrogens is 573 g/mol. The Kier molecular flexibility index (Phi) is 9.27. The van der Waals surface area contributed by atoms with Gasteiger partial charge in [-0.05, 0) is 79.8 Å². The molecule has 11 heteroatoms. The molecule has 8 nitrogen and oxygen atoms in total. The summed E-state index contributed by atoms with van der Waals surface area (Å²) < 4.78 is 47.3. The lowest BCUT2D eigenvalue weighted by molar-refractivity contribution is -0.137. The molecule has 0 saturated heterocycles. The minimum Gasteiger partial charge on any atom is -0.444 e. The van der Waals surface area contributed by atoms with Crippen LogP contribution in [0.2, 0.25) is 0 Å². The van der Waals surface area contributed by atoms with Gasteiger partial charge in [0.1, 0.15) is 5.60 Å².